The Balaban J connectivity index is 1.53. The van der Waals surface area contributed by atoms with E-state index in [-0.39, 0.29) is 18.3 Å². The minimum atomic E-state index is -0.345. The number of thioether (sulfide) groups is 1. The molecule has 168 valence electrons. The van der Waals surface area contributed by atoms with Gasteiger partial charge >= 0.3 is 0 Å². The Labute approximate surface area is 204 Å². The molecule has 4 rings (SSSR count). The van der Waals surface area contributed by atoms with Gasteiger partial charge in [-0.1, -0.05) is 35.3 Å². The Morgan fingerprint density at radius 2 is 1.91 bits per heavy atom. The summed E-state index contributed by atoms with van der Waals surface area (Å²) in [6.45, 7) is 0.122. The summed E-state index contributed by atoms with van der Waals surface area (Å²) < 4.78 is 24.6. The number of nitrogens with zero attached hydrogens (tertiary/aromatic N) is 1. The summed E-state index contributed by atoms with van der Waals surface area (Å²) in [7, 11) is 1.49. The Morgan fingerprint density at radius 3 is 2.64 bits per heavy atom. The van der Waals surface area contributed by atoms with Crippen molar-refractivity contribution in [2.45, 2.75) is 6.61 Å². The first-order chi connectivity index (χ1) is 15.9. The van der Waals surface area contributed by atoms with Crippen molar-refractivity contribution >= 4 is 57.8 Å². The second-order valence-electron chi connectivity index (χ2n) is 6.91. The molecule has 0 saturated carbocycles. The van der Waals surface area contributed by atoms with Crippen molar-refractivity contribution in [3.05, 3.63) is 92.6 Å². The summed E-state index contributed by atoms with van der Waals surface area (Å²) >= 11 is 13.5. The lowest BCUT2D eigenvalue weighted by Gasteiger charge is -2.13. The Bertz CT molecular complexity index is 1260. The Morgan fingerprint density at radius 1 is 1.12 bits per heavy atom. The quantitative estimate of drug-likeness (QED) is 0.385. The fraction of sp³-hybridized carbons (Fsp3) is 0.0833. The summed E-state index contributed by atoms with van der Waals surface area (Å²) in [6, 6.07) is 16.5. The molecule has 5 nitrogen and oxygen atoms in total. The molecule has 0 aromatic heterocycles. The molecule has 9 heteroatoms. The minimum Gasteiger partial charge on any atom is -0.493 e. The normalized spacial score (nSPS) is 15.7. The maximum absolute atomic E-state index is 13.4. The number of halogens is 3. The molecule has 1 saturated heterocycles. The van der Waals surface area contributed by atoms with E-state index < -0.39 is 0 Å². The number of aliphatic imine (C=N–C) groups is 1. The number of carbonyl (C=O) groups is 1. The molecule has 0 atom stereocenters. The van der Waals surface area contributed by atoms with Gasteiger partial charge in [0.15, 0.2) is 16.7 Å². The molecule has 0 radical (unpaired) electrons. The van der Waals surface area contributed by atoms with Crippen molar-refractivity contribution in [2.75, 3.05) is 7.11 Å². The maximum atomic E-state index is 13.4. The van der Waals surface area contributed by atoms with Gasteiger partial charge < -0.3 is 14.8 Å². The first-order valence-electron chi connectivity index (χ1n) is 9.71. The number of methoxy groups -OCH3 is 1. The molecule has 1 heterocycles. The molecule has 0 unspecified atom stereocenters. The van der Waals surface area contributed by atoms with Gasteiger partial charge in [0.1, 0.15) is 12.4 Å². The predicted octanol–water partition coefficient (Wildman–Crippen LogP) is 6.61. The monoisotopic (exact) mass is 502 g/mol. The largest absolute Gasteiger partial charge is 0.493 e. The van der Waals surface area contributed by atoms with Crippen molar-refractivity contribution < 1.29 is 18.7 Å². The standard InChI is InChI=1S/C24H17Cl2FN2O3S/c1-31-20-11-15(10-19(26)22(20)32-13-14-3-2-4-17(27)9-14)12-21-23(30)29-24(33-21)28-18-7-5-16(25)6-8-18/h2-12H,13H2,1H3,(H,28,29,30)/b21-12-. The molecule has 0 spiro atoms. The van der Waals surface area contributed by atoms with Crippen LogP contribution in [0.1, 0.15) is 11.1 Å². The van der Waals surface area contributed by atoms with Crippen molar-refractivity contribution in [3.63, 3.8) is 0 Å². The molecule has 0 aliphatic carbocycles. The van der Waals surface area contributed by atoms with Gasteiger partial charge in [0.2, 0.25) is 0 Å². The van der Waals surface area contributed by atoms with E-state index in [2.05, 4.69) is 10.3 Å². The van der Waals surface area contributed by atoms with Crippen LogP contribution in [0.25, 0.3) is 6.08 Å². The van der Waals surface area contributed by atoms with E-state index in [0.29, 0.717) is 48.4 Å². The molecule has 1 aliphatic rings. The van der Waals surface area contributed by atoms with Crippen LogP contribution < -0.4 is 14.8 Å². The van der Waals surface area contributed by atoms with E-state index in [0.717, 1.165) is 0 Å². The van der Waals surface area contributed by atoms with Gasteiger partial charge in [-0.15, -0.1) is 0 Å². The number of rotatable bonds is 6. The number of nitrogens with one attached hydrogen (secondary N) is 1. The summed E-state index contributed by atoms with van der Waals surface area (Å²) in [6.07, 6.45) is 1.69. The van der Waals surface area contributed by atoms with Crippen LogP contribution in [0.15, 0.2) is 70.6 Å². The van der Waals surface area contributed by atoms with E-state index >= 15 is 0 Å². The summed E-state index contributed by atoms with van der Waals surface area (Å²) in [5, 5.41) is 4.11. The van der Waals surface area contributed by atoms with Gasteiger partial charge in [0.05, 0.1) is 22.7 Å². The van der Waals surface area contributed by atoms with Crippen molar-refractivity contribution in [1.82, 2.24) is 5.32 Å². The molecule has 3 aromatic rings. The zero-order valence-electron chi connectivity index (χ0n) is 17.3. The first-order valence-corrected chi connectivity index (χ1v) is 11.3. The van der Waals surface area contributed by atoms with Crippen molar-refractivity contribution in [3.8, 4) is 11.5 Å². The fourth-order valence-corrected chi connectivity index (χ4v) is 4.25. The Hall–Kier alpha value is -3.00. The SMILES string of the molecule is COc1cc(/C=C2\SC(=Nc3ccc(Cl)cc3)NC2=O)cc(Cl)c1OCc1cccc(F)c1. The topological polar surface area (TPSA) is 59.9 Å². The van der Waals surface area contributed by atoms with Gasteiger partial charge in [-0.25, -0.2) is 9.38 Å². The third-order valence-electron chi connectivity index (χ3n) is 4.53. The number of amides is 1. The molecule has 1 aliphatic heterocycles. The lowest BCUT2D eigenvalue weighted by atomic mass is 10.1. The molecule has 3 aromatic carbocycles. The predicted molar refractivity (Wildman–Crippen MR) is 131 cm³/mol. The number of benzene rings is 3. The smallest absolute Gasteiger partial charge is 0.264 e. The highest BCUT2D eigenvalue weighted by Gasteiger charge is 2.24. The summed E-state index contributed by atoms with van der Waals surface area (Å²) in [5.74, 6) is 0.111. The fourth-order valence-electron chi connectivity index (χ4n) is 3.01. The number of ether oxygens (including phenoxy) is 2. The van der Waals surface area contributed by atoms with Crippen LogP contribution in [0, 0.1) is 5.82 Å². The van der Waals surface area contributed by atoms with Crippen molar-refractivity contribution in [1.29, 1.82) is 0 Å². The third kappa shape index (κ3) is 5.87. The van der Waals surface area contributed by atoms with Crippen LogP contribution in [0.3, 0.4) is 0 Å². The van der Waals surface area contributed by atoms with Crippen molar-refractivity contribution in [2.24, 2.45) is 4.99 Å². The van der Waals surface area contributed by atoms with E-state index in [9.17, 15) is 9.18 Å². The highest BCUT2D eigenvalue weighted by molar-refractivity contribution is 8.18. The molecule has 1 fully saturated rings. The molecular weight excluding hydrogens is 486 g/mol. The van der Waals surface area contributed by atoms with Crippen LogP contribution in [0.4, 0.5) is 10.1 Å². The molecule has 1 N–H and O–H groups in total. The van der Waals surface area contributed by atoms with E-state index in [1.807, 2.05) is 0 Å². The van der Waals surface area contributed by atoms with Crippen LogP contribution in [0.5, 0.6) is 11.5 Å². The summed E-state index contributed by atoms with van der Waals surface area (Å²) in [5.41, 5.74) is 1.99. The molecule has 0 bridgehead atoms. The van der Waals surface area contributed by atoms with E-state index in [1.54, 1.807) is 54.6 Å². The average Bonchev–Trinajstić information content (AvgIpc) is 3.12. The van der Waals surface area contributed by atoms with Crippen LogP contribution in [-0.2, 0) is 11.4 Å². The second-order valence-corrected chi connectivity index (χ2v) is 8.79. The highest BCUT2D eigenvalue weighted by Crippen LogP contribution is 2.38. The zero-order valence-corrected chi connectivity index (χ0v) is 19.6. The molecular formula is C24H17Cl2FN2O3S. The maximum Gasteiger partial charge on any atom is 0.264 e. The van der Waals surface area contributed by atoms with E-state index in [4.69, 9.17) is 32.7 Å². The number of carbonyl (C=O) groups excluding carboxylic acids is 1. The number of amidine groups is 1. The van der Waals surface area contributed by atoms with Gasteiger partial charge in [-0.05, 0) is 77.5 Å². The van der Waals surface area contributed by atoms with Gasteiger partial charge in [0.25, 0.3) is 5.91 Å². The third-order valence-corrected chi connectivity index (χ3v) is 5.97. The lowest BCUT2D eigenvalue weighted by Crippen LogP contribution is -2.19. The van der Waals surface area contributed by atoms with Crippen LogP contribution in [0.2, 0.25) is 10.0 Å². The van der Waals surface area contributed by atoms with Crippen LogP contribution >= 0.6 is 35.0 Å². The Kier molecular flexibility index (Phi) is 7.23. The summed E-state index contributed by atoms with van der Waals surface area (Å²) in [4.78, 5) is 17.3. The molecule has 1 amide bonds. The average molecular weight is 503 g/mol. The lowest BCUT2D eigenvalue weighted by molar-refractivity contribution is -0.115. The van der Waals surface area contributed by atoms with Crippen LogP contribution in [-0.4, -0.2) is 18.2 Å². The first kappa shape index (κ1) is 23.2. The minimum absolute atomic E-state index is 0.122. The number of hydrogen-bond acceptors (Lipinski definition) is 5. The van der Waals surface area contributed by atoms with Gasteiger partial charge in [0, 0.05) is 5.02 Å². The number of hydrogen-bond donors (Lipinski definition) is 1. The molecule has 33 heavy (non-hydrogen) atoms. The second kappa shape index (κ2) is 10.3. The zero-order chi connectivity index (χ0) is 23.4. The van der Waals surface area contributed by atoms with Gasteiger partial charge in [-0.2, -0.15) is 0 Å². The van der Waals surface area contributed by atoms with E-state index in [1.165, 1.54) is 31.0 Å². The van der Waals surface area contributed by atoms with Gasteiger partial charge in [-0.3, -0.25) is 4.79 Å². The highest BCUT2D eigenvalue weighted by atomic mass is 35.5.